The van der Waals surface area contributed by atoms with Crippen LogP contribution in [0, 0.1) is 6.92 Å². The SMILES string of the molecule is Cc1c([C@@H]2CC(=O)NCc3nc4ccccn4c32)sc2ccccc12. The summed E-state index contributed by atoms with van der Waals surface area (Å²) in [7, 11) is 0. The molecular formula is C20H17N3OS. The lowest BCUT2D eigenvalue weighted by Gasteiger charge is -2.15. The molecule has 4 heterocycles. The molecule has 0 aliphatic carbocycles. The molecule has 5 rings (SSSR count). The number of carbonyl (C=O) groups is 1. The molecule has 1 aliphatic heterocycles. The van der Waals surface area contributed by atoms with E-state index in [1.54, 1.807) is 11.3 Å². The smallest absolute Gasteiger partial charge is 0.221 e. The third kappa shape index (κ3) is 2.19. The van der Waals surface area contributed by atoms with Crippen LogP contribution in [0.25, 0.3) is 15.7 Å². The summed E-state index contributed by atoms with van der Waals surface area (Å²) >= 11 is 1.80. The lowest BCUT2D eigenvalue weighted by atomic mass is 9.95. The summed E-state index contributed by atoms with van der Waals surface area (Å²) in [6, 6.07) is 14.5. The number of hydrogen-bond acceptors (Lipinski definition) is 3. The fourth-order valence-electron chi connectivity index (χ4n) is 3.84. The van der Waals surface area contributed by atoms with Gasteiger partial charge in [-0.2, -0.15) is 0 Å². The molecular weight excluding hydrogens is 330 g/mol. The Morgan fingerprint density at radius 1 is 1.20 bits per heavy atom. The Labute approximate surface area is 149 Å². The van der Waals surface area contributed by atoms with Crippen molar-refractivity contribution in [3.05, 3.63) is 70.5 Å². The number of fused-ring (bicyclic) bond motifs is 4. The van der Waals surface area contributed by atoms with Crippen LogP contribution in [0.1, 0.15) is 34.2 Å². The molecule has 0 fully saturated rings. The number of benzene rings is 1. The quantitative estimate of drug-likeness (QED) is 0.565. The van der Waals surface area contributed by atoms with Gasteiger partial charge < -0.3 is 9.72 Å². The third-order valence-electron chi connectivity index (χ3n) is 5.01. The van der Waals surface area contributed by atoms with Crippen molar-refractivity contribution in [3.8, 4) is 0 Å². The van der Waals surface area contributed by atoms with Crippen LogP contribution in [0.15, 0.2) is 48.7 Å². The molecule has 0 radical (unpaired) electrons. The molecule has 3 aromatic heterocycles. The van der Waals surface area contributed by atoms with E-state index in [2.05, 4.69) is 40.9 Å². The van der Waals surface area contributed by atoms with E-state index in [0.29, 0.717) is 13.0 Å². The second kappa shape index (κ2) is 5.43. The monoisotopic (exact) mass is 347 g/mol. The average molecular weight is 347 g/mol. The van der Waals surface area contributed by atoms with Gasteiger partial charge in [0.05, 0.1) is 17.9 Å². The summed E-state index contributed by atoms with van der Waals surface area (Å²) in [4.78, 5) is 18.4. The van der Waals surface area contributed by atoms with Gasteiger partial charge >= 0.3 is 0 Å². The Morgan fingerprint density at radius 2 is 2.04 bits per heavy atom. The number of aryl methyl sites for hydroxylation is 1. The van der Waals surface area contributed by atoms with Gasteiger partial charge in [0, 0.05) is 28.1 Å². The standard InChI is InChI=1S/C20H17N3OS/c1-12-13-6-2-3-7-16(13)25-20(12)14-10-18(24)21-11-15-19(14)23-9-5-4-8-17(23)22-15/h2-9,14H,10-11H2,1H3,(H,21,24)/t14-/m1/s1. The lowest BCUT2D eigenvalue weighted by Crippen LogP contribution is -2.21. The molecule has 1 atom stereocenters. The molecule has 0 saturated carbocycles. The van der Waals surface area contributed by atoms with E-state index in [9.17, 15) is 4.79 Å². The molecule has 4 aromatic rings. The normalized spacial score (nSPS) is 17.5. The van der Waals surface area contributed by atoms with Crippen LogP contribution in [0.5, 0.6) is 0 Å². The molecule has 25 heavy (non-hydrogen) atoms. The van der Waals surface area contributed by atoms with Gasteiger partial charge in [0.15, 0.2) is 0 Å². The Morgan fingerprint density at radius 3 is 2.92 bits per heavy atom. The van der Waals surface area contributed by atoms with Crippen LogP contribution in [0.2, 0.25) is 0 Å². The summed E-state index contributed by atoms with van der Waals surface area (Å²) in [5, 5.41) is 4.28. The van der Waals surface area contributed by atoms with E-state index in [1.807, 2.05) is 24.4 Å². The maximum absolute atomic E-state index is 12.4. The first kappa shape index (κ1) is 14.7. The van der Waals surface area contributed by atoms with Gasteiger partial charge in [0.25, 0.3) is 0 Å². The summed E-state index contributed by atoms with van der Waals surface area (Å²) < 4.78 is 3.42. The molecule has 5 heteroatoms. The van der Waals surface area contributed by atoms with E-state index in [0.717, 1.165) is 17.0 Å². The highest BCUT2D eigenvalue weighted by Crippen LogP contribution is 2.42. The molecule has 0 saturated heterocycles. The van der Waals surface area contributed by atoms with Crippen molar-refractivity contribution in [2.75, 3.05) is 0 Å². The fraction of sp³-hybridized carbons (Fsp3) is 0.200. The topological polar surface area (TPSA) is 46.4 Å². The first-order valence-corrected chi connectivity index (χ1v) is 9.24. The van der Waals surface area contributed by atoms with Gasteiger partial charge in [-0.1, -0.05) is 24.3 Å². The van der Waals surface area contributed by atoms with Gasteiger partial charge in [-0.05, 0) is 36.1 Å². The molecule has 124 valence electrons. The number of aromatic nitrogens is 2. The zero-order valence-electron chi connectivity index (χ0n) is 13.8. The Bertz CT molecular complexity index is 1120. The third-order valence-corrected chi connectivity index (χ3v) is 6.40. The highest BCUT2D eigenvalue weighted by Gasteiger charge is 2.31. The number of rotatable bonds is 1. The van der Waals surface area contributed by atoms with Crippen LogP contribution >= 0.6 is 11.3 Å². The molecule has 0 spiro atoms. The maximum atomic E-state index is 12.4. The largest absolute Gasteiger partial charge is 0.350 e. The van der Waals surface area contributed by atoms with Gasteiger partial charge in [0.1, 0.15) is 5.65 Å². The number of nitrogens with one attached hydrogen (secondary N) is 1. The van der Waals surface area contributed by atoms with Crippen molar-refractivity contribution in [1.29, 1.82) is 0 Å². The Balaban J connectivity index is 1.79. The summed E-state index contributed by atoms with van der Waals surface area (Å²) in [5.41, 5.74) is 4.33. The van der Waals surface area contributed by atoms with E-state index >= 15 is 0 Å². The van der Waals surface area contributed by atoms with Crippen molar-refractivity contribution < 1.29 is 4.79 Å². The zero-order chi connectivity index (χ0) is 17.0. The first-order valence-electron chi connectivity index (χ1n) is 8.43. The average Bonchev–Trinajstić information content (AvgIpc) is 3.11. The summed E-state index contributed by atoms with van der Waals surface area (Å²) in [5.74, 6) is 0.122. The van der Waals surface area contributed by atoms with E-state index in [4.69, 9.17) is 4.98 Å². The lowest BCUT2D eigenvalue weighted by molar-refractivity contribution is -0.121. The van der Waals surface area contributed by atoms with Crippen molar-refractivity contribution >= 4 is 33.0 Å². The zero-order valence-corrected chi connectivity index (χ0v) is 14.6. The highest BCUT2D eigenvalue weighted by molar-refractivity contribution is 7.19. The number of amides is 1. The van der Waals surface area contributed by atoms with Gasteiger partial charge in [-0.3, -0.25) is 4.79 Å². The Hall–Kier alpha value is -2.66. The van der Waals surface area contributed by atoms with Gasteiger partial charge in [-0.25, -0.2) is 4.98 Å². The highest BCUT2D eigenvalue weighted by atomic mass is 32.1. The number of imidazole rings is 1. The second-order valence-corrected chi connectivity index (χ2v) is 7.58. The predicted molar refractivity (Wildman–Crippen MR) is 100 cm³/mol. The molecule has 0 unspecified atom stereocenters. The maximum Gasteiger partial charge on any atom is 0.221 e. The van der Waals surface area contributed by atoms with Crippen LogP contribution in [0.3, 0.4) is 0 Å². The van der Waals surface area contributed by atoms with E-state index < -0.39 is 0 Å². The van der Waals surface area contributed by atoms with Crippen LogP contribution < -0.4 is 5.32 Å². The van der Waals surface area contributed by atoms with Crippen molar-refractivity contribution in [2.24, 2.45) is 0 Å². The minimum atomic E-state index is 0.0345. The first-order chi connectivity index (χ1) is 12.2. The molecule has 1 N–H and O–H groups in total. The molecule has 1 amide bonds. The van der Waals surface area contributed by atoms with E-state index in [-0.39, 0.29) is 11.8 Å². The number of thiophene rings is 1. The Kier molecular flexibility index (Phi) is 3.18. The minimum Gasteiger partial charge on any atom is -0.350 e. The molecule has 1 aromatic carbocycles. The van der Waals surface area contributed by atoms with Crippen molar-refractivity contribution in [3.63, 3.8) is 0 Å². The molecule has 0 bridgehead atoms. The van der Waals surface area contributed by atoms with Crippen LogP contribution in [0.4, 0.5) is 0 Å². The number of carbonyl (C=O) groups excluding carboxylic acids is 1. The van der Waals surface area contributed by atoms with Gasteiger partial charge in [0.2, 0.25) is 5.91 Å². The van der Waals surface area contributed by atoms with Crippen molar-refractivity contribution in [1.82, 2.24) is 14.7 Å². The van der Waals surface area contributed by atoms with Crippen molar-refractivity contribution in [2.45, 2.75) is 25.8 Å². The van der Waals surface area contributed by atoms with E-state index in [1.165, 1.54) is 20.5 Å². The van der Waals surface area contributed by atoms with Gasteiger partial charge in [-0.15, -0.1) is 11.3 Å². The second-order valence-electron chi connectivity index (χ2n) is 6.49. The van der Waals surface area contributed by atoms with Crippen LogP contribution in [-0.4, -0.2) is 15.3 Å². The molecule has 4 nitrogen and oxygen atoms in total. The number of hydrogen-bond donors (Lipinski definition) is 1. The summed E-state index contributed by atoms with van der Waals surface area (Å²) in [6.45, 7) is 2.66. The number of nitrogens with zero attached hydrogens (tertiary/aromatic N) is 2. The summed E-state index contributed by atoms with van der Waals surface area (Å²) in [6.07, 6.45) is 2.51. The number of pyridine rings is 1. The molecule has 1 aliphatic rings. The fourth-order valence-corrected chi connectivity index (χ4v) is 5.16. The van der Waals surface area contributed by atoms with Crippen LogP contribution in [-0.2, 0) is 11.3 Å². The minimum absolute atomic E-state index is 0.0345. The predicted octanol–water partition coefficient (Wildman–Crippen LogP) is 4.01.